The van der Waals surface area contributed by atoms with Gasteiger partial charge in [0.1, 0.15) is 20.4 Å². The molecule has 0 aromatic rings. The van der Waals surface area contributed by atoms with E-state index in [4.69, 9.17) is 14.4 Å². The van der Waals surface area contributed by atoms with E-state index in [1.54, 1.807) is 5.57 Å². The van der Waals surface area contributed by atoms with Gasteiger partial charge in [0.15, 0.2) is 0 Å². The number of carbonyl (C=O) groups is 3. The minimum atomic E-state index is 0. The van der Waals surface area contributed by atoms with Gasteiger partial charge < -0.3 is 14.4 Å². The molecular weight excluding hydrogens is 296 g/mol. The third-order valence-corrected chi connectivity index (χ3v) is 3.23. The van der Waals surface area contributed by atoms with E-state index in [-0.39, 0.29) is 17.1 Å². The van der Waals surface area contributed by atoms with E-state index >= 15 is 0 Å². The fraction of sp³-hybridized carbons (Fsp3) is 0.562. The summed E-state index contributed by atoms with van der Waals surface area (Å²) in [6.07, 6.45) is 9.43. The normalized spacial score (nSPS) is 14.2. The summed E-state index contributed by atoms with van der Waals surface area (Å²) in [6.45, 7) is 15.1. The van der Waals surface area contributed by atoms with Crippen LogP contribution in [0.4, 0.5) is 0 Å². The Kier molecular flexibility index (Phi) is 27.8. The average Bonchev–Trinajstić information content (AvgIpc) is 3.01. The maximum absolute atomic E-state index is 8.00. The van der Waals surface area contributed by atoms with Crippen LogP contribution in [0.25, 0.3) is 0 Å². The average molecular weight is 323 g/mol. The number of carbonyl (C=O) groups excluding carboxylic acids is 3. The first-order valence-corrected chi connectivity index (χ1v) is 6.36. The molecule has 4 heteroatoms. The summed E-state index contributed by atoms with van der Waals surface area (Å²) in [5.41, 5.74) is 3.02. The zero-order valence-electron chi connectivity index (χ0n) is 13.1. The monoisotopic (exact) mass is 323 g/mol. The van der Waals surface area contributed by atoms with Crippen LogP contribution in [-0.4, -0.2) is 20.4 Å². The summed E-state index contributed by atoms with van der Waals surface area (Å²) in [4.78, 5) is 24.0. The molecule has 2 unspecified atom stereocenters. The minimum Gasteiger partial charge on any atom is -0.307 e. The van der Waals surface area contributed by atoms with E-state index < -0.39 is 0 Å². The maximum atomic E-state index is 8.00. The Labute approximate surface area is 134 Å². The Morgan fingerprint density at radius 2 is 1.40 bits per heavy atom. The van der Waals surface area contributed by atoms with Crippen molar-refractivity contribution in [1.82, 2.24) is 0 Å². The number of hydrogen-bond donors (Lipinski definition) is 0. The van der Waals surface area contributed by atoms with Crippen molar-refractivity contribution in [3.8, 4) is 0 Å². The molecule has 0 aromatic carbocycles. The SMILES string of the molecule is C=O.C=O.C=O.CCC(C)C1=[C-]CC(C(C)CC)=C1.[Fe]. The summed E-state index contributed by atoms with van der Waals surface area (Å²) in [7, 11) is 0. The number of hydrogen-bond acceptors (Lipinski definition) is 3. The molecular formula is C16H27FeO3-. The van der Waals surface area contributed by atoms with Gasteiger partial charge in [-0.25, -0.2) is 11.6 Å². The van der Waals surface area contributed by atoms with Gasteiger partial charge in [-0.3, -0.25) is 6.08 Å². The molecule has 0 heterocycles. The van der Waals surface area contributed by atoms with Gasteiger partial charge in [0.25, 0.3) is 0 Å². The Hall–Kier alpha value is -0.991. The van der Waals surface area contributed by atoms with Gasteiger partial charge in [0.05, 0.1) is 0 Å². The zero-order chi connectivity index (χ0) is 15.8. The fourth-order valence-corrected chi connectivity index (χ4v) is 1.62. The molecule has 0 aromatic heterocycles. The molecule has 1 aliphatic rings. The van der Waals surface area contributed by atoms with E-state index in [0.717, 1.165) is 12.3 Å². The summed E-state index contributed by atoms with van der Waals surface area (Å²) in [5, 5.41) is 0. The Balaban J connectivity index is -0.000000162. The molecule has 2 atom stereocenters. The van der Waals surface area contributed by atoms with Crippen molar-refractivity contribution in [3.05, 3.63) is 23.3 Å². The van der Waals surface area contributed by atoms with Crippen LogP contribution in [0, 0.1) is 17.9 Å². The molecule has 3 nitrogen and oxygen atoms in total. The second-order valence-corrected chi connectivity index (χ2v) is 4.15. The summed E-state index contributed by atoms with van der Waals surface area (Å²) in [5.74, 6) is 1.44. The standard InChI is InChI=1S/C13H21.3CH2O.Fe/c1-5-10(3)12-7-8-13(9-12)11(4)6-2;3*1-2;/h9-11H,5-7H2,1-4H3;3*1H2;/q-1;;;;. The van der Waals surface area contributed by atoms with Crippen LogP contribution < -0.4 is 0 Å². The molecule has 0 spiro atoms. The summed E-state index contributed by atoms with van der Waals surface area (Å²) < 4.78 is 0. The number of rotatable bonds is 4. The molecule has 20 heavy (non-hydrogen) atoms. The third-order valence-electron chi connectivity index (χ3n) is 3.23. The zero-order valence-corrected chi connectivity index (χ0v) is 14.2. The maximum Gasteiger partial charge on any atom is 0.106 e. The summed E-state index contributed by atoms with van der Waals surface area (Å²) in [6, 6.07) is 0. The number of allylic oxidation sites excluding steroid dienone is 4. The molecule has 0 bridgehead atoms. The Morgan fingerprint density at radius 1 is 1.00 bits per heavy atom. The van der Waals surface area contributed by atoms with Crippen molar-refractivity contribution in [2.24, 2.45) is 11.8 Å². The van der Waals surface area contributed by atoms with Gasteiger partial charge in [0, 0.05) is 17.1 Å². The predicted octanol–water partition coefficient (Wildman–Crippen LogP) is 3.58. The van der Waals surface area contributed by atoms with Crippen molar-refractivity contribution < 1.29 is 31.5 Å². The predicted molar refractivity (Wildman–Crippen MR) is 79.7 cm³/mol. The van der Waals surface area contributed by atoms with Gasteiger partial charge in [-0.05, 0) is 5.92 Å². The first-order valence-electron chi connectivity index (χ1n) is 6.36. The largest absolute Gasteiger partial charge is 0.307 e. The topological polar surface area (TPSA) is 51.2 Å². The van der Waals surface area contributed by atoms with E-state index in [1.807, 2.05) is 20.4 Å². The van der Waals surface area contributed by atoms with Crippen LogP contribution >= 0.6 is 0 Å². The van der Waals surface area contributed by atoms with Crippen molar-refractivity contribution in [2.75, 3.05) is 0 Å². The van der Waals surface area contributed by atoms with Crippen LogP contribution in [0.15, 0.2) is 17.2 Å². The van der Waals surface area contributed by atoms with E-state index in [0.29, 0.717) is 5.92 Å². The van der Waals surface area contributed by atoms with Gasteiger partial charge >= 0.3 is 0 Å². The fourth-order valence-electron chi connectivity index (χ4n) is 1.62. The van der Waals surface area contributed by atoms with E-state index in [1.165, 1.54) is 18.4 Å². The van der Waals surface area contributed by atoms with Crippen molar-refractivity contribution >= 4 is 20.4 Å². The molecule has 118 valence electrons. The molecule has 0 amide bonds. The van der Waals surface area contributed by atoms with Crippen LogP contribution in [0.3, 0.4) is 0 Å². The smallest absolute Gasteiger partial charge is 0.106 e. The first kappa shape index (κ1) is 27.4. The first-order chi connectivity index (χ1) is 9.19. The molecule has 0 aliphatic heterocycles. The van der Waals surface area contributed by atoms with Crippen LogP contribution in [-0.2, 0) is 31.5 Å². The van der Waals surface area contributed by atoms with E-state index in [2.05, 4.69) is 39.8 Å². The third kappa shape index (κ3) is 10.9. The Morgan fingerprint density at radius 3 is 1.75 bits per heavy atom. The molecule has 0 radical (unpaired) electrons. The summed E-state index contributed by atoms with van der Waals surface area (Å²) >= 11 is 0. The molecule has 0 fully saturated rings. The second-order valence-electron chi connectivity index (χ2n) is 4.15. The quantitative estimate of drug-likeness (QED) is 0.587. The van der Waals surface area contributed by atoms with Crippen LogP contribution in [0.2, 0.25) is 0 Å². The van der Waals surface area contributed by atoms with Crippen LogP contribution in [0.1, 0.15) is 47.0 Å². The van der Waals surface area contributed by atoms with Crippen LogP contribution in [0.5, 0.6) is 0 Å². The van der Waals surface area contributed by atoms with E-state index in [9.17, 15) is 0 Å². The molecule has 0 N–H and O–H groups in total. The van der Waals surface area contributed by atoms with Crippen molar-refractivity contribution in [1.29, 1.82) is 0 Å². The molecule has 1 rings (SSSR count). The molecule has 1 aliphatic carbocycles. The van der Waals surface area contributed by atoms with Gasteiger partial charge in [-0.15, -0.1) is 6.42 Å². The molecule has 0 saturated carbocycles. The van der Waals surface area contributed by atoms with Crippen molar-refractivity contribution in [3.63, 3.8) is 0 Å². The van der Waals surface area contributed by atoms with Gasteiger partial charge in [-0.1, -0.05) is 46.5 Å². The van der Waals surface area contributed by atoms with Crippen molar-refractivity contribution in [2.45, 2.75) is 47.0 Å². The Bertz CT molecular complexity index is 270. The van der Waals surface area contributed by atoms with Gasteiger partial charge in [0.2, 0.25) is 0 Å². The second kappa shape index (κ2) is 20.3. The minimum absolute atomic E-state index is 0. The molecule has 0 saturated heterocycles. The van der Waals surface area contributed by atoms with Gasteiger partial charge in [-0.2, -0.15) is 5.57 Å².